The van der Waals surface area contributed by atoms with Crippen molar-refractivity contribution in [3.63, 3.8) is 0 Å². The van der Waals surface area contributed by atoms with Crippen molar-refractivity contribution in [3.8, 4) is 16.3 Å². The minimum absolute atomic E-state index is 0.0775. The number of benzene rings is 2. The molecular weight excluding hydrogens is 413 g/mol. The summed E-state index contributed by atoms with van der Waals surface area (Å²) >= 11 is 1.31. The molecule has 1 unspecified atom stereocenters. The van der Waals surface area contributed by atoms with Crippen LogP contribution >= 0.6 is 11.3 Å². The number of hydrogen-bond donors (Lipinski definition) is 0. The largest absolute Gasteiger partial charge is 0.495 e. The van der Waals surface area contributed by atoms with Crippen LogP contribution in [0.5, 0.6) is 5.75 Å². The molecule has 1 aliphatic heterocycles. The first-order chi connectivity index (χ1) is 14.0. The number of methoxy groups -OCH3 is 1. The van der Waals surface area contributed by atoms with E-state index in [9.17, 15) is 12.8 Å². The highest BCUT2D eigenvalue weighted by molar-refractivity contribution is 7.89. The zero-order chi connectivity index (χ0) is 20.4. The van der Waals surface area contributed by atoms with Gasteiger partial charge in [0, 0.05) is 24.6 Å². The zero-order valence-electron chi connectivity index (χ0n) is 15.8. The molecule has 6 nitrogen and oxygen atoms in total. The Morgan fingerprint density at radius 1 is 1.14 bits per heavy atom. The smallest absolute Gasteiger partial charge is 0.246 e. The number of hydrogen-bond acceptors (Lipinski definition) is 6. The Bertz CT molecular complexity index is 1120. The van der Waals surface area contributed by atoms with Crippen molar-refractivity contribution in [2.75, 3.05) is 20.2 Å². The average Bonchev–Trinajstić information content (AvgIpc) is 3.24. The van der Waals surface area contributed by atoms with E-state index >= 15 is 0 Å². The Hall–Kier alpha value is -2.36. The van der Waals surface area contributed by atoms with Gasteiger partial charge in [-0.2, -0.15) is 4.31 Å². The number of sulfonamides is 1. The van der Waals surface area contributed by atoms with E-state index in [1.165, 1.54) is 28.8 Å². The Balaban J connectivity index is 1.59. The Kier molecular flexibility index (Phi) is 5.62. The summed E-state index contributed by atoms with van der Waals surface area (Å²) in [6, 6.07) is 13.0. The number of para-hydroxylation sites is 1. The summed E-state index contributed by atoms with van der Waals surface area (Å²) in [5, 5.41) is 9.60. The number of piperidine rings is 1. The fraction of sp³-hybridized carbons (Fsp3) is 0.300. The van der Waals surface area contributed by atoms with Crippen LogP contribution in [0, 0.1) is 5.82 Å². The average molecular weight is 434 g/mol. The standard InChI is InChI=1S/C20H20FN3O3S2/c1-27-17-10-4-5-11-18(17)29(25,26)24-12-6-7-14(13-24)19-22-23-20(28-19)15-8-2-3-9-16(15)21/h2-5,8-11,14H,6-7,12-13H2,1H3. The quantitative estimate of drug-likeness (QED) is 0.610. The fourth-order valence-electron chi connectivity index (χ4n) is 3.48. The van der Waals surface area contributed by atoms with Crippen LogP contribution in [0.15, 0.2) is 53.4 Å². The van der Waals surface area contributed by atoms with Gasteiger partial charge in [0.1, 0.15) is 21.5 Å². The van der Waals surface area contributed by atoms with E-state index in [1.54, 1.807) is 42.5 Å². The molecule has 152 valence electrons. The molecule has 1 atom stereocenters. The lowest BCUT2D eigenvalue weighted by Crippen LogP contribution is -2.39. The highest BCUT2D eigenvalue weighted by atomic mass is 32.2. The maximum absolute atomic E-state index is 14.0. The van der Waals surface area contributed by atoms with Gasteiger partial charge in [-0.1, -0.05) is 35.6 Å². The summed E-state index contributed by atoms with van der Waals surface area (Å²) in [7, 11) is -2.24. The number of ether oxygens (including phenoxy) is 1. The third kappa shape index (κ3) is 3.90. The first-order valence-corrected chi connectivity index (χ1v) is 11.5. The SMILES string of the molecule is COc1ccccc1S(=O)(=O)N1CCCC(c2nnc(-c3ccccc3F)s2)C1. The molecule has 2 heterocycles. The molecule has 29 heavy (non-hydrogen) atoms. The summed E-state index contributed by atoms with van der Waals surface area (Å²) in [6.45, 7) is 0.752. The van der Waals surface area contributed by atoms with E-state index in [2.05, 4.69) is 10.2 Å². The molecule has 2 aromatic carbocycles. The van der Waals surface area contributed by atoms with Crippen LogP contribution in [0.1, 0.15) is 23.8 Å². The molecule has 3 aromatic rings. The predicted octanol–water partition coefficient (Wildman–Crippen LogP) is 3.92. The lowest BCUT2D eigenvalue weighted by atomic mass is 10.0. The minimum atomic E-state index is -3.69. The highest BCUT2D eigenvalue weighted by Crippen LogP contribution is 2.36. The predicted molar refractivity (Wildman–Crippen MR) is 109 cm³/mol. The molecule has 1 saturated heterocycles. The van der Waals surface area contributed by atoms with E-state index in [-0.39, 0.29) is 16.6 Å². The summed E-state index contributed by atoms with van der Waals surface area (Å²) in [4.78, 5) is 0.160. The van der Waals surface area contributed by atoms with Crippen LogP contribution in [0.4, 0.5) is 4.39 Å². The first-order valence-electron chi connectivity index (χ1n) is 9.22. The van der Waals surface area contributed by atoms with Crippen LogP contribution in [0.25, 0.3) is 10.6 Å². The molecule has 0 saturated carbocycles. The fourth-order valence-corrected chi connectivity index (χ4v) is 6.15. The van der Waals surface area contributed by atoms with Gasteiger partial charge >= 0.3 is 0 Å². The number of halogens is 1. The van der Waals surface area contributed by atoms with E-state index < -0.39 is 10.0 Å². The molecule has 1 aliphatic rings. The Labute approximate surface area is 173 Å². The molecule has 9 heteroatoms. The molecule has 1 aromatic heterocycles. The van der Waals surface area contributed by atoms with Crippen molar-refractivity contribution in [2.45, 2.75) is 23.7 Å². The maximum atomic E-state index is 14.0. The first kappa shape index (κ1) is 19.9. The summed E-state index contributed by atoms with van der Waals surface area (Å²) < 4.78 is 47.1. The maximum Gasteiger partial charge on any atom is 0.246 e. The van der Waals surface area contributed by atoms with Gasteiger partial charge < -0.3 is 4.74 Å². The van der Waals surface area contributed by atoms with Crippen molar-refractivity contribution >= 4 is 21.4 Å². The molecule has 0 N–H and O–H groups in total. The van der Waals surface area contributed by atoms with Gasteiger partial charge in [-0.25, -0.2) is 12.8 Å². The van der Waals surface area contributed by atoms with Gasteiger partial charge in [0.05, 0.1) is 7.11 Å². The van der Waals surface area contributed by atoms with Crippen molar-refractivity contribution in [2.24, 2.45) is 0 Å². The minimum Gasteiger partial charge on any atom is -0.495 e. The van der Waals surface area contributed by atoms with Crippen molar-refractivity contribution in [1.82, 2.24) is 14.5 Å². The van der Waals surface area contributed by atoms with Crippen LogP contribution in [-0.4, -0.2) is 43.1 Å². The van der Waals surface area contributed by atoms with Crippen LogP contribution in [0.2, 0.25) is 0 Å². The van der Waals surface area contributed by atoms with Gasteiger partial charge in [-0.3, -0.25) is 0 Å². The molecule has 0 aliphatic carbocycles. The molecule has 4 rings (SSSR count). The third-order valence-electron chi connectivity index (χ3n) is 4.97. The topological polar surface area (TPSA) is 72.4 Å². The van der Waals surface area contributed by atoms with E-state index in [1.807, 2.05) is 0 Å². The van der Waals surface area contributed by atoms with Crippen molar-refractivity contribution in [1.29, 1.82) is 0 Å². The molecule has 0 radical (unpaired) electrons. The van der Waals surface area contributed by atoms with Gasteiger partial charge in [0.25, 0.3) is 0 Å². The number of aromatic nitrogens is 2. The van der Waals surface area contributed by atoms with Gasteiger partial charge in [0.2, 0.25) is 10.0 Å². The second-order valence-corrected chi connectivity index (χ2v) is 9.69. The lowest BCUT2D eigenvalue weighted by molar-refractivity contribution is 0.312. The number of rotatable bonds is 5. The highest BCUT2D eigenvalue weighted by Gasteiger charge is 2.34. The van der Waals surface area contributed by atoms with E-state index in [0.29, 0.717) is 35.8 Å². The van der Waals surface area contributed by atoms with Crippen molar-refractivity contribution in [3.05, 3.63) is 59.4 Å². The normalized spacial score (nSPS) is 17.9. The third-order valence-corrected chi connectivity index (χ3v) is 7.99. The molecule has 0 amide bonds. The second kappa shape index (κ2) is 8.17. The van der Waals surface area contributed by atoms with Gasteiger partial charge in [0.15, 0.2) is 5.01 Å². The molecule has 0 spiro atoms. The Morgan fingerprint density at radius 3 is 2.69 bits per heavy atom. The van der Waals surface area contributed by atoms with E-state index in [4.69, 9.17) is 4.74 Å². The summed E-state index contributed by atoms with van der Waals surface area (Å²) in [6.07, 6.45) is 1.53. The second-order valence-electron chi connectivity index (χ2n) is 6.78. The number of nitrogens with zero attached hydrogens (tertiary/aromatic N) is 3. The van der Waals surface area contributed by atoms with Crippen LogP contribution in [-0.2, 0) is 10.0 Å². The van der Waals surface area contributed by atoms with E-state index in [0.717, 1.165) is 11.4 Å². The van der Waals surface area contributed by atoms with Crippen molar-refractivity contribution < 1.29 is 17.5 Å². The summed E-state index contributed by atoms with van der Waals surface area (Å²) in [5.41, 5.74) is 0.408. The van der Waals surface area contributed by atoms with Gasteiger partial charge in [-0.05, 0) is 37.1 Å². The zero-order valence-corrected chi connectivity index (χ0v) is 17.4. The van der Waals surface area contributed by atoms with Crippen LogP contribution in [0.3, 0.4) is 0 Å². The Morgan fingerprint density at radius 2 is 1.90 bits per heavy atom. The van der Waals surface area contributed by atoms with Gasteiger partial charge in [-0.15, -0.1) is 10.2 Å². The molecular formula is C20H20FN3O3S2. The molecule has 0 bridgehead atoms. The lowest BCUT2D eigenvalue weighted by Gasteiger charge is -2.31. The molecule has 1 fully saturated rings. The summed E-state index contributed by atoms with van der Waals surface area (Å²) in [5.74, 6) is -0.0992. The monoisotopic (exact) mass is 433 g/mol. The van der Waals surface area contributed by atoms with Crippen LogP contribution < -0.4 is 4.74 Å².